The second kappa shape index (κ2) is 18.4. The fraction of sp³-hybridized carbons (Fsp3) is 0.171. The first-order chi connectivity index (χ1) is 22.3. The zero-order valence-electron chi connectivity index (χ0n) is 27.2. The average molecular weight is 716 g/mol. The monoisotopic (exact) mass is 714 g/mol. The third-order valence-corrected chi connectivity index (χ3v) is 9.77. The van der Waals surface area contributed by atoms with Gasteiger partial charge in [0.25, 0.3) is 5.97 Å². The van der Waals surface area contributed by atoms with Crippen LogP contribution >= 0.6 is 0 Å². The van der Waals surface area contributed by atoms with E-state index in [1.165, 1.54) is 5.19 Å². The second-order valence-electron chi connectivity index (χ2n) is 12.2. The average Bonchev–Trinajstić information content (AvgIpc) is 3.91. The van der Waals surface area contributed by atoms with Crippen LogP contribution in [0.4, 0.5) is 5.69 Å². The molecule has 235 valence electrons. The van der Waals surface area contributed by atoms with E-state index in [4.69, 9.17) is 14.8 Å². The van der Waals surface area contributed by atoms with Crippen molar-refractivity contribution in [3.63, 3.8) is 0 Å². The molecule has 4 aromatic carbocycles. The van der Waals surface area contributed by atoms with Gasteiger partial charge in [-0.05, 0) is 81.4 Å². The fourth-order valence-corrected chi connectivity index (χ4v) is 6.42. The number of ether oxygens (including phenoxy) is 2. The molecule has 1 heterocycles. The predicted octanol–water partition coefficient (Wildman–Crippen LogP) is 9.19. The van der Waals surface area contributed by atoms with Crippen LogP contribution in [0.1, 0.15) is 34.9 Å². The van der Waals surface area contributed by atoms with E-state index in [0.29, 0.717) is 0 Å². The molecular weight excluding hydrogens is 674 g/mol. The topological polar surface area (TPSA) is 52.8 Å². The van der Waals surface area contributed by atoms with E-state index in [1.807, 2.05) is 167 Å². The van der Waals surface area contributed by atoms with Crippen LogP contribution in [0.25, 0.3) is 5.32 Å². The maximum absolute atomic E-state index is 12.0. The molecule has 0 unspecified atom stereocenters. The summed E-state index contributed by atoms with van der Waals surface area (Å²) in [6.07, 6.45) is 19.0. The van der Waals surface area contributed by atoms with E-state index < -0.39 is 32.3 Å². The Morgan fingerprint density at radius 3 is 1.28 bits per heavy atom. The van der Waals surface area contributed by atoms with Gasteiger partial charge in [-0.25, -0.2) is 0 Å². The molecule has 11 radical (unpaired) electrons. The molecule has 1 aliphatic heterocycles. The molecule has 3 atom stereocenters. The van der Waals surface area contributed by atoms with Crippen molar-refractivity contribution >= 4 is 18.9 Å². The van der Waals surface area contributed by atoms with Gasteiger partial charge in [0.15, 0.2) is 0 Å². The first-order valence-corrected chi connectivity index (χ1v) is 19.2. The summed E-state index contributed by atoms with van der Waals surface area (Å²) < 4.78 is 12.9. The Kier molecular flexibility index (Phi) is 14.7. The van der Waals surface area contributed by atoms with Crippen molar-refractivity contribution in [2.75, 3.05) is 0 Å². The van der Waals surface area contributed by atoms with Gasteiger partial charge in [0.1, 0.15) is 12.2 Å². The molecule has 4 nitrogen and oxygen atoms in total. The molecule has 1 N–H and O–H groups in total. The fourth-order valence-electron chi connectivity index (χ4n) is 5.25. The van der Waals surface area contributed by atoms with E-state index in [-0.39, 0.29) is 26.2 Å². The van der Waals surface area contributed by atoms with Crippen molar-refractivity contribution in [3.05, 3.63) is 201 Å². The van der Waals surface area contributed by atoms with Gasteiger partial charge in [-0.1, -0.05) is 146 Å². The molecule has 4 aromatic rings. The summed E-state index contributed by atoms with van der Waals surface area (Å²) in [6, 6.07) is 37.1. The van der Waals surface area contributed by atoms with Crippen molar-refractivity contribution in [1.29, 1.82) is 0 Å². The van der Waals surface area contributed by atoms with E-state index in [2.05, 4.69) is 31.8 Å². The minimum Gasteiger partial charge on any atom is -0.672 e. The van der Waals surface area contributed by atoms with Crippen LogP contribution in [-0.2, 0) is 35.7 Å². The van der Waals surface area contributed by atoms with Gasteiger partial charge in [-0.3, -0.25) is 0 Å². The zero-order valence-corrected chi connectivity index (χ0v) is 30.6. The van der Waals surface area contributed by atoms with Gasteiger partial charge in [0.05, 0.1) is 8.07 Å². The third-order valence-electron chi connectivity index (χ3n) is 7.71. The summed E-state index contributed by atoms with van der Waals surface area (Å²) >= 11 is 0. The van der Waals surface area contributed by atoms with Crippen molar-refractivity contribution < 1.29 is 40.8 Å². The van der Waals surface area contributed by atoms with Crippen LogP contribution in [0.15, 0.2) is 115 Å². The van der Waals surface area contributed by atoms with E-state index in [0.717, 1.165) is 22.4 Å². The number of hydrogen-bond donors (Lipinski definition) is 1. The molecule has 47 heavy (non-hydrogen) atoms. The largest absolute Gasteiger partial charge is 3.00 e. The summed E-state index contributed by atoms with van der Waals surface area (Å²) in [6.45, 7) is 6.96. The molecule has 0 aromatic heterocycles. The second-order valence-corrected chi connectivity index (χ2v) is 17.3. The Hall–Kier alpha value is -2.34. The quantitative estimate of drug-likeness (QED) is 0.194. The van der Waals surface area contributed by atoms with Crippen molar-refractivity contribution in [1.82, 2.24) is 0 Å². The molecule has 6 heteroatoms. The molecule has 3 aliphatic rings. The van der Waals surface area contributed by atoms with Crippen LogP contribution in [0.3, 0.4) is 0 Å². The first-order valence-electron chi connectivity index (χ1n) is 15.7. The molecule has 3 fully saturated rings. The third kappa shape index (κ3) is 10.8. The molecular formula is C41H42NO3SiZr+2. The Balaban J connectivity index is 0.000000387. The molecule has 0 spiro atoms. The van der Waals surface area contributed by atoms with Crippen molar-refractivity contribution in [2.24, 2.45) is 0 Å². The zero-order chi connectivity index (χ0) is 32.2. The molecule has 1 saturated heterocycles. The maximum atomic E-state index is 12.0. The van der Waals surface area contributed by atoms with E-state index >= 15 is 0 Å². The van der Waals surface area contributed by atoms with Gasteiger partial charge >= 0.3 is 26.2 Å². The summed E-state index contributed by atoms with van der Waals surface area (Å²) in [5.41, 5.74) is 3.46. The van der Waals surface area contributed by atoms with Crippen LogP contribution in [0, 0.1) is 64.2 Å². The van der Waals surface area contributed by atoms with Crippen molar-refractivity contribution in [2.45, 2.75) is 43.9 Å². The van der Waals surface area contributed by atoms with Gasteiger partial charge in [0.2, 0.25) is 0 Å². The molecule has 7 rings (SSSR count). The van der Waals surface area contributed by atoms with E-state index in [1.54, 1.807) is 0 Å². The minimum absolute atomic E-state index is 0. The first kappa shape index (κ1) is 37.5. The molecule has 2 aliphatic carbocycles. The summed E-state index contributed by atoms with van der Waals surface area (Å²) in [4.78, 5) is 0. The number of nitrogens with zero attached hydrogens (tertiary/aromatic N) is 1. The summed E-state index contributed by atoms with van der Waals surface area (Å²) in [5, 5.41) is 18.3. The van der Waals surface area contributed by atoms with Crippen LogP contribution < -0.4 is 5.19 Å². The minimum atomic E-state index is -1.96. The van der Waals surface area contributed by atoms with Gasteiger partial charge < -0.3 is 19.9 Å². The normalized spacial score (nSPS) is 20.5. The molecule has 2 saturated carbocycles. The van der Waals surface area contributed by atoms with Crippen LogP contribution in [0.5, 0.6) is 0 Å². The number of hydrogen-bond acceptors (Lipinski definition) is 3. The van der Waals surface area contributed by atoms with Crippen LogP contribution in [-0.4, -0.2) is 19.2 Å². The van der Waals surface area contributed by atoms with Crippen molar-refractivity contribution in [3.8, 4) is 0 Å². The van der Waals surface area contributed by atoms with Gasteiger partial charge in [-0.15, -0.1) is 5.69 Å². The predicted molar refractivity (Wildman–Crippen MR) is 190 cm³/mol. The van der Waals surface area contributed by atoms with Gasteiger partial charge in [0, 0.05) is 0 Å². The van der Waals surface area contributed by atoms with E-state index in [9.17, 15) is 5.11 Å². The Morgan fingerprint density at radius 1 is 0.553 bits per heavy atom. The Labute approximate surface area is 303 Å². The van der Waals surface area contributed by atoms with Crippen LogP contribution in [0.2, 0.25) is 19.6 Å². The number of benzene rings is 4. The van der Waals surface area contributed by atoms with Gasteiger partial charge in [-0.2, -0.15) is 0 Å². The SMILES string of the molecule is C[Si](C)(C)c1ccc([C@@H]([N-]c2ccccc2)C2(O)O[C@H](c3ccccc3)[C@@H](c3ccccc3)O2)cc1.[CH]1[CH][CH][CH][CH]1.[CH]1[CH][CH][CH][CH]1.[Zr+3]. The smallest absolute Gasteiger partial charge is 0.672 e. The Morgan fingerprint density at radius 2 is 0.915 bits per heavy atom. The number of aliphatic hydroxyl groups is 1. The maximum Gasteiger partial charge on any atom is 3.00 e. The Bertz CT molecular complexity index is 1350. The number of rotatable bonds is 7. The summed E-state index contributed by atoms with van der Waals surface area (Å²) in [5.74, 6) is -1.96. The molecule has 0 amide bonds. The molecule has 0 bridgehead atoms. The summed E-state index contributed by atoms with van der Waals surface area (Å²) in [7, 11) is -1.48. The number of para-hydroxylation sites is 1. The standard InChI is InChI=1S/C31H32NO3Si.2C5H5.Zr/c1-36(2,3)27-21-19-25(20-22-27)30(32-26-17-11-6-12-18-26)31(33)34-28(23-13-7-4-8-14-23)29(35-31)24-15-9-5-10-16-24;2*1-2-4-5-3-1;/h4-22,28-30,33H,1-3H3;2*1-5H;/q-1;;;+3/t28-,29-,30-;;;/m1.../s1.